The fourth-order valence-corrected chi connectivity index (χ4v) is 3.42. The predicted octanol–water partition coefficient (Wildman–Crippen LogP) is 5.48. The summed E-state index contributed by atoms with van der Waals surface area (Å²) in [6, 6.07) is 24.4. The van der Waals surface area contributed by atoms with Gasteiger partial charge in [-0.05, 0) is 59.3 Å². The largest absolute Gasteiger partial charge is 0.497 e. The van der Waals surface area contributed by atoms with Crippen molar-refractivity contribution in [1.29, 1.82) is 0 Å². The van der Waals surface area contributed by atoms with Gasteiger partial charge in [0.25, 0.3) is 5.91 Å². The highest BCUT2D eigenvalue weighted by atomic mass is 35.5. The van der Waals surface area contributed by atoms with Crippen molar-refractivity contribution in [3.05, 3.63) is 107 Å². The number of hydrogen-bond donors (Lipinski definition) is 1. The maximum atomic E-state index is 12.7. The maximum absolute atomic E-state index is 12.7. The third kappa shape index (κ3) is 5.19. The first-order valence-electron chi connectivity index (χ1n) is 10.0. The molecule has 33 heavy (non-hydrogen) atoms. The molecule has 164 valence electrons. The SMILES string of the molecule is COc1ccc(C(=O)Oc2ccc(Cl)cc2/C=N/NC(=O)c2cccc3ccccc23)cc1. The summed E-state index contributed by atoms with van der Waals surface area (Å²) in [4.78, 5) is 25.2. The molecule has 0 aliphatic rings. The highest BCUT2D eigenvalue weighted by molar-refractivity contribution is 6.31. The molecule has 6 nitrogen and oxygen atoms in total. The number of benzene rings is 4. The summed E-state index contributed by atoms with van der Waals surface area (Å²) in [5.74, 6) is -0.0209. The van der Waals surface area contributed by atoms with E-state index in [1.54, 1.807) is 55.6 Å². The second kappa shape index (κ2) is 9.97. The summed E-state index contributed by atoms with van der Waals surface area (Å²) < 4.78 is 10.6. The summed E-state index contributed by atoms with van der Waals surface area (Å²) >= 11 is 6.10. The van der Waals surface area contributed by atoms with E-state index in [2.05, 4.69) is 10.5 Å². The lowest BCUT2D eigenvalue weighted by Gasteiger charge is -2.09. The molecule has 1 N–H and O–H groups in total. The lowest BCUT2D eigenvalue weighted by Crippen LogP contribution is -2.18. The van der Waals surface area contributed by atoms with E-state index in [1.165, 1.54) is 6.21 Å². The van der Waals surface area contributed by atoms with Crippen LogP contribution in [0, 0.1) is 0 Å². The molecule has 0 spiro atoms. The Bertz CT molecular complexity index is 1350. The van der Waals surface area contributed by atoms with E-state index in [0.717, 1.165) is 10.8 Å². The molecular weight excluding hydrogens is 440 g/mol. The van der Waals surface area contributed by atoms with Crippen LogP contribution in [0.4, 0.5) is 0 Å². The number of carbonyl (C=O) groups excluding carboxylic acids is 2. The number of nitrogens with one attached hydrogen (secondary N) is 1. The standard InChI is InChI=1S/C26H19ClN2O4/c1-32-21-12-9-18(10-13-21)26(31)33-24-14-11-20(27)15-19(24)16-28-29-25(30)23-8-4-6-17-5-2-3-7-22(17)23/h2-16H,1H3,(H,29,30)/b28-16+. The van der Waals surface area contributed by atoms with Gasteiger partial charge in [0, 0.05) is 16.1 Å². The number of methoxy groups -OCH3 is 1. The summed E-state index contributed by atoms with van der Waals surface area (Å²) in [7, 11) is 1.55. The van der Waals surface area contributed by atoms with E-state index in [1.807, 2.05) is 36.4 Å². The van der Waals surface area contributed by atoms with Gasteiger partial charge in [-0.25, -0.2) is 10.2 Å². The minimum absolute atomic E-state index is 0.253. The summed E-state index contributed by atoms with van der Waals surface area (Å²) in [5, 5.41) is 6.25. The number of carbonyl (C=O) groups is 2. The van der Waals surface area contributed by atoms with Crippen LogP contribution < -0.4 is 14.9 Å². The Hall–Kier alpha value is -4.16. The smallest absolute Gasteiger partial charge is 0.343 e. The van der Waals surface area contributed by atoms with Crippen molar-refractivity contribution in [2.24, 2.45) is 5.10 Å². The van der Waals surface area contributed by atoms with Crippen molar-refractivity contribution < 1.29 is 19.1 Å². The van der Waals surface area contributed by atoms with Crippen LogP contribution in [-0.2, 0) is 0 Å². The molecule has 4 rings (SSSR count). The number of fused-ring (bicyclic) bond motifs is 1. The van der Waals surface area contributed by atoms with Gasteiger partial charge in [0.2, 0.25) is 0 Å². The first-order chi connectivity index (χ1) is 16.0. The third-order valence-corrected chi connectivity index (χ3v) is 5.14. The Morgan fingerprint density at radius 3 is 2.48 bits per heavy atom. The molecular formula is C26H19ClN2O4. The van der Waals surface area contributed by atoms with Gasteiger partial charge in [0.1, 0.15) is 11.5 Å². The van der Waals surface area contributed by atoms with Crippen molar-refractivity contribution in [1.82, 2.24) is 5.43 Å². The number of esters is 1. The molecule has 0 saturated heterocycles. The zero-order valence-corrected chi connectivity index (χ0v) is 18.4. The molecule has 0 atom stereocenters. The van der Waals surface area contributed by atoms with Gasteiger partial charge >= 0.3 is 5.97 Å². The lowest BCUT2D eigenvalue weighted by molar-refractivity contribution is 0.0734. The Kier molecular flexibility index (Phi) is 6.66. The molecule has 0 saturated carbocycles. The molecule has 0 bridgehead atoms. The van der Waals surface area contributed by atoms with Gasteiger partial charge in [0.15, 0.2) is 0 Å². The molecule has 0 aliphatic heterocycles. The molecule has 4 aromatic rings. The number of ether oxygens (including phenoxy) is 2. The number of halogens is 1. The van der Waals surface area contributed by atoms with Crippen LogP contribution in [0.1, 0.15) is 26.3 Å². The van der Waals surface area contributed by atoms with Crippen molar-refractivity contribution in [2.45, 2.75) is 0 Å². The molecule has 0 fully saturated rings. The van der Waals surface area contributed by atoms with E-state index >= 15 is 0 Å². The Labute approximate surface area is 195 Å². The highest BCUT2D eigenvalue weighted by Crippen LogP contribution is 2.23. The first-order valence-corrected chi connectivity index (χ1v) is 10.4. The molecule has 0 unspecified atom stereocenters. The molecule has 0 aliphatic carbocycles. The molecule has 4 aromatic carbocycles. The Morgan fingerprint density at radius 1 is 0.939 bits per heavy atom. The number of hydrazone groups is 1. The quantitative estimate of drug-likeness (QED) is 0.179. The van der Waals surface area contributed by atoms with Gasteiger partial charge in [0.05, 0.1) is 18.9 Å². The number of hydrogen-bond acceptors (Lipinski definition) is 5. The molecule has 0 heterocycles. The van der Waals surface area contributed by atoms with E-state index in [-0.39, 0.29) is 11.7 Å². The number of amides is 1. The third-order valence-electron chi connectivity index (χ3n) is 4.90. The Balaban J connectivity index is 1.51. The number of rotatable bonds is 6. The first kappa shape index (κ1) is 22.0. The average molecular weight is 459 g/mol. The van der Waals surface area contributed by atoms with Crippen LogP contribution in [0.15, 0.2) is 90.0 Å². The zero-order chi connectivity index (χ0) is 23.2. The molecule has 7 heteroatoms. The normalized spacial score (nSPS) is 10.8. The van der Waals surface area contributed by atoms with Crippen LogP contribution in [0.3, 0.4) is 0 Å². The lowest BCUT2D eigenvalue weighted by atomic mass is 10.0. The topological polar surface area (TPSA) is 77.0 Å². The predicted molar refractivity (Wildman–Crippen MR) is 128 cm³/mol. The van der Waals surface area contributed by atoms with E-state index < -0.39 is 5.97 Å². The van der Waals surface area contributed by atoms with E-state index in [4.69, 9.17) is 21.1 Å². The molecule has 0 radical (unpaired) electrons. The van der Waals surface area contributed by atoms with Crippen LogP contribution in [-0.4, -0.2) is 25.2 Å². The number of nitrogens with zero attached hydrogens (tertiary/aromatic N) is 1. The Morgan fingerprint density at radius 2 is 1.70 bits per heavy atom. The summed E-state index contributed by atoms with van der Waals surface area (Å²) in [6.07, 6.45) is 1.38. The highest BCUT2D eigenvalue weighted by Gasteiger charge is 2.13. The van der Waals surface area contributed by atoms with Gasteiger partial charge in [-0.1, -0.05) is 48.0 Å². The maximum Gasteiger partial charge on any atom is 0.343 e. The van der Waals surface area contributed by atoms with Gasteiger partial charge in [-0.2, -0.15) is 5.10 Å². The minimum atomic E-state index is -0.547. The second-order valence-corrected chi connectivity index (χ2v) is 7.46. The monoisotopic (exact) mass is 458 g/mol. The second-order valence-electron chi connectivity index (χ2n) is 7.03. The summed E-state index contributed by atoms with van der Waals surface area (Å²) in [5.41, 5.74) is 3.81. The van der Waals surface area contributed by atoms with Crippen LogP contribution in [0.25, 0.3) is 10.8 Å². The molecule has 0 aromatic heterocycles. The van der Waals surface area contributed by atoms with Gasteiger partial charge in [-0.15, -0.1) is 0 Å². The van der Waals surface area contributed by atoms with Gasteiger partial charge < -0.3 is 9.47 Å². The average Bonchev–Trinajstić information content (AvgIpc) is 2.85. The fraction of sp³-hybridized carbons (Fsp3) is 0.0385. The van der Waals surface area contributed by atoms with E-state index in [0.29, 0.717) is 27.5 Å². The van der Waals surface area contributed by atoms with Gasteiger partial charge in [-0.3, -0.25) is 4.79 Å². The molecule has 1 amide bonds. The minimum Gasteiger partial charge on any atom is -0.497 e. The van der Waals surface area contributed by atoms with Crippen LogP contribution in [0.5, 0.6) is 11.5 Å². The van der Waals surface area contributed by atoms with Crippen LogP contribution >= 0.6 is 11.6 Å². The van der Waals surface area contributed by atoms with Crippen molar-refractivity contribution in [2.75, 3.05) is 7.11 Å². The summed E-state index contributed by atoms with van der Waals surface area (Å²) in [6.45, 7) is 0. The van der Waals surface area contributed by atoms with Crippen molar-refractivity contribution in [3.63, 3.8) is 0 Å². The van der Waals surface area contributed by atoms with Crippen molar-refractivity contribution in [3.8, 4) is 11.5 Å². The van der Waals surface area contributed by atoms with Crippen LogP contribution in [0.2, 0.25) is 5.02 Å². The van der Waals surface area contributed by atoms with Crippen molar-refractivity contribution >= 4 is 40.5 Å². The fourth-order valence-electron chi connectivity index (χ4n) is 3.24. The zero-order valence-electron chi connectivity index (χ0n) is 17.6. The van der Waals surface area contributed by atoms with E-state index in [9.17, 15) is 9.59 Å².